The number of rotatable bonds is 3. The van der Waals surface area contributed by atoms with E-state index in [-0.39, 0.29) is 5.91 Å². The number of hydroxylamine groups is 1. The Morgan fingerprint density at radius 3 is 2.43 bits per heavy atom. The maximum Gasteiger partial charge on any atom is 0.433 e. The zero-order chi connectivity index (χ0) is 15.7. The summed E-state index contributed by atoms with van der Waals surface area (Å²) >= 11 is 0. The van der Waals surface area contributed by atoms with E-state index in [1.54, 1.807) is 32.9 Å². The number of hydrogen-bond acceptors (Lipinski definition) is 5. The quantitative estimate of drug-likeness (QED) is 0.827. The van der Waals surface area contributed by atoms with Crippen LogP contribution in [-0.2, 0) is 14.4 Å². The Balaban J connectivity index is 2.28. The van der Waals surface area contributed by atoms with Crippen LogP contribution in [-0.4, -0.2) is 24.8 Å². The molecule has 1 aromatic rings. The minimum Gasteiger partial charge on any atom is -0.424 e. The van der Waals surface area contributed by atoms with Crippen molar-refractivity contribution in [2.75, 3.05) is 12.1 Å². The number of carbonyl (C=O) groups excluding carboxylic acids is 2. The highest BCUT2D eigenvalue weighted by atomic mass is 16.7. The zero-order valence-electron chi connectivity index (χ0n) is 12.5. The topological polar surface area (TPSA) is 79.9 Å². The van der Waals surface area contributed by atoms with Crippen molar-refractivity contribution < 1.29 is 19.2 Å². The van der Waals surface area contributed by atoms with Crippen molar-refractivity contribution in [3.05, 3.63) is 30.3 Å². The van der Waals surface area contributed by atoms with Gasteiger partial charge in [-0.05, 0) is 32.9 Å². The van der Waals surface area contributed by atoms with Gasteiger partial charge in [0.2, 0.25) is 0 Å². The van der Waals surface area contributed by atoms with Gasteiger partial charge >= 0.3 is 6.09 Å². The van der Waals surface area contributed by atoms with Crippen LogP contribution in [0.25, 0.3) is 0 Å². The number of nitrogens with zero attached hydrogens (tertiary/aromatic N) is 1. The van der Waals surface area contributed by atoms with Gasteiger partial charge in [0.05, 0.1) is 12.8 Å². The van der Waals surface area contributed by atoms with E-state index in [0.717, 1.165) is 0 Å². The van der Waals surface area contributed by atoms with Crippen molar-refractivity contribution in [2.24, 2.45) is 5.41 Å². The van der Waals surface area contributed by atoms with Crippen molar-refractivity contribution in [3.63, 3.8) is 0 Å². The van der Waals surface area contributed by atoms with Crippen molar-refractivity contribution in [2.45, 2.75) is 26.5 Å². The molecule has 7 heteroatoms. The van der Waals surface area contributed by atoms with E-state index in [1.807, 2.05) is 18.2 Å². The molecule has 2 amide bonds. The maximum atomic E-state index is 12.6. The van der Waals surface area contributed by atoms with Gasteiger partial charge in [0.1, 0.15) is 5.41 Å². The highest BCUT2D eigenvalue weighted by Gasteiger charge is 2.59. The molecule has 7 nitrogen and oxygen atoms in total. The van der Waals surface area contributed by atoms with Gasteiger partial charge in [0, 0.05) is 0 Å². The fourth-order valence-electron chi connectivity index (χ4n) is 2.09. The van der Waals surface area contributed by atoms with Crippen LogP contribution in [0.3, 0.4) is 0 Å². The molecular formula is C14H19N3O4. The van der Waals surface area contributed by atoms with Crippen LogP contribution in [0.2, 0.25) is 0 Å². The first-order valence-corrected chi connectivity index (χ1v) is 6.51. The van der Waals surface area contributed by atoms with Gasteiger partial charge < -0.3 is 4.74 Å². The maximum absolute atomic E-state index is 12.6. The molecule has 0 spiro atoms. The summed E-state index contributed by atoms with van der Waals surface area (Å²) < 4.78 is 5.33. The molecule has 1 aromatic carbocycles. The van der Waals surface area contributed by atoms with Crippen LogP contribution in [0.5, 0.6) is 0 Å². The molecule has 2 N–H and O–H groups in total. The van der Waals surface area contributed by atoms with Crippen molar-refractivity contribution in [3.8, 4) is 0 Å². The van der Waals surface area contributed by atoms with Crippen LogP contribution in [0.15, 0.2) is 30.3 Å². The molecule has 1 heterocycles. The van der Waals surface area contributed by atoms with E-state index in [0.29, 0.717) is 5.69 Å². The zero-order valence-corrected chi connectivity index (χ0v) is 12.5. The number of anilines is 1. The van der Waals surface area contributed by atoms with Gasteiger partial charge in [-0.25, -0.2) is 9.80 Å². The minimum absolute atomic E-state index is 0.193. The van der Waals surface area contributed by atoms with Crippen LogP contribution in [0.1, 0.15) is 20.8 Å². The SMILES string of the molecule is CONC(=O)OC1(C)NN(c2ccccc2)C(=O)C1(C)C. The number of ether oxygens (including phenoxy) is 1. The van der Waals surface area contributed by atoms with E-state index in [1.165, 1.54) is 12.1 Å². The average molecular weight is 293 g/mol. The second-order valence-electron chi connectivity index (χ2n) is 5.44. The van der Waals surface area contributed by atoms with Gasteiger partial charge in [0.15, 0.2) is 5.72 Å². The van der Waals surface area contributed by atoms with Gasteiger partial charge in [-0.2, -0.15) is 10.9 Å². The summed E-state index contributed by atoms with van der Waals surface area (Å²) in [6, 6.07) is 9.09. The largest absolute Gasteiger partial charge is 0.433 e. The van der Waals surface area contributed by atoms with Gasteiger partial charge in [-0.1, -0.05) is 18.2 Å². The molecule has 0 saturated carbocycles. The molecule has 0 bridgehead atoms. The van der Waals surface area contributed by atoms with Gasteiger partial charge in [-0.3, -0.25) is 9.63 Å². The summed E-state index contributed by atoms with van der Waals surface area (Å²) in [5.41, 5.74) is 3.55. The Bertz CT molecular complexity index is 546. The van der Waals surface area contributed by atoms with Crippen LogP contribution in [0, 0.1) is 5.41 Å². The lowest BCUT2D eigenvalue weighted by Crippen LogP contribution is -2.54. The predicted molar refractivity (Wildman–Crippen MR) is 75.9 cm³/mol. The summed E-state index contributed by atoms with van der Waals surface area (Å²) in [7, 11) is 1.30. The second-order valence-corrected chi connectivity index (χ2v) is 5.44. The molecule has 1 unspecified atom stereocenters. The summed E-state index contributed by atoms with van der Waals surface area (Å²) in [6.07, 6.45) is -0.775. The molecule has 114 valence electrons. The third-order valence-electron chi connectivity index (χ3n) is 3.75. The van der Waals surface area contributed by atoms with Gasteiger partial charge in [0.25, 0.3) is 5.91 Å². The Morgan fingerprint density at radius 2 is 1.86 bits per heavy atom. The fourth-order valence-corrected chi connectivity index (χ4v) is 2.09. The molecule has 2 rings (SSSR count). The number of hydrazine groups is 1. The number of para-hydroxylation sites is 1. The molecule has 0 aliphatic carbocycles. The summed E-state index contributed by atoms with van der Waals surface area (Å²) in [5.74, 6) is -0.193. The molecule has 0 radical (unpaired) electrons. The summed E-state index contributed by atoms with van der Waals surface area (Å²) in [4.78, 5) is 28.7. The van der Waals surface area contributed by atoms with E-state index < -0.39 is 17.2 Å². The normalized spacial score (nSPS) is 24.0. The number of hydrogen-bond donors (Lipinski definition) is 2. The lowest BCUT2D eigenvalue weighted by atomic mass is 9.83. The number of amides is 2. The van der Waals surface area contributed by atoms with Crippen LogP contribution >= 0.6 is 0 Å². The van der Waals surface area contributed by atoms with Crippen molar-refractivity contribution in [1.82, 2.24) is 10.9 Å². The highest BCUT2D eigenvalue weighted by Crippen LogP contribution is 2.40. The standard InChI is InChI=1S/C14H19N3O4/c1-13(2)11(18)17(10-8-6-5-7-9-10)16-14(13,3)21-12(19)15-20-4/h5-9,16H,1-4H3,(H,15,19). The third-order valence-corrected chi connectivity index (χ3v) is 3.75. The molecule has 0 aromatic heterocycles. The number of carbonyl (C=O) groups is 2. The Morgan fingerprint density at radius 1 is 1.24 bits per heavy atom. The van der Waals surface area contributed by atoms with Crippen LogP contribution in [0.4, 0.5) is 10.5 Å². The van der Waals surface area contributed by atoms with Crippen molar-refractivity contribution >= 4 is 17.7 Å². The molecule has 1 saturated heterocycles. The first kappa shape index (κ1) is 15.3. The smallest absolute Gasteiger partial charge is 0.424 e. The predicted octanol–water partition coefficient (Wildman–Crippen LogP) is 1.57. The molecular weight excluding hydrogens is 274 g/mol. The third kappa shape index (κ3) is 2.57. The molecule has 1 fully saturated rings. The van der Waals surface area contributed by atoms with E-state index in [9.17, 15) is 9.59 Å². The summed E-state index contributed by atoms with van der Waals surface area (Å²) in [5, 5.41) is 1.39. The first-order chi connectivity index (χ1) is 9.82. The van der Waals surface area contributed by atoms with Crippen LogP contribution < -0.4 is 15.9 Å². The van der Waals surface area contributed by atoms with E-state index >= 15 is 0 Å². The Labute approximate surface area is 123 Å². The van der Waals surface area contributed by atoms with Gasteiger partial charge in [-0.15, -0.1) is 0 Å². The lowest BCUT2D eigenvalue weighted by molar-refractivity contribution is -0.133. The lowest BCUT2D eigenvalue weighted by Gasteiger charge is -2.33. The molecule has 1 aliphatic heterocycles. The van der Waals surface area contributed by atoms with Crippen molar-refractivity contribution in [1.29, 1.82) is 0 Å². The monoisotopic (exact) mass is 293 g/mol. The minimum atomic E-state index is -1.21. The second kappa shape index (κ2) is 5.34. The Hall–Kier alpha value is -2.12. The Kier molecular flexibility index (Phi) is 3.89. The fraction of sp³-hybridized carbons (Fsp3) is 0.429. The first-order valence-electron chi connectivity index (χ1n) is 6.51. The molecule has 1 atom stereocenters. The molecule has 21 heavy (non-hydrogen) atoms. The van der Waals surface area contributed by atoms with E-state index in [2.05, 4.69) is 15.7 Å². The number of nitrogens with one attached hydrogen (secondary N) is 2. The average Bonchev–Trinajstić information content (AvgIpc) is 2.61. The number of benzene rings is 1. The molecule has 1 aliphatic rings. The van der Waals surface area contributed by atoms with E-state index in [4.69, 9.17) is 4.74 Å². The highest BCUT2D eigenvalue weighted by molar-refractivity contribution is 5.99. The summed E-state index contributed by atoms with van der Waals surface area (Å²) in [6.45, 7) is 5.07.